The minimum absolute atomic E-state index is 0.218. The maximum absolute atomic E-state index is 12.6. The molecule has 0 atom stereocenters. The van der Waals surface area contributed by atoms with Crippen LogP contribution in [-0.4, -0.2) is 35.1 Å². The van der Waals surface area contributed by atoms with E-state index in [1.165, 1.54) is 18.3 Å². The van der Waals surface area contributed by atoms with Crippen molar-refractivity contribution in [1.29, 1.82) is 0 Å². The Labute approximate surface area is 98.8 Å². The number of carbonyl (C=O) groups is 1. The van der Waals surface area contributed by atoms with Crippen molar-refractivity contribution in [3.63, 3.8) is 0 Å². The standard InChI is InChI=1S/C9H9BrF2N2O2/c10-7-3-6(1-2-13-7)8(16)14-4-9(11,12)5-15/h1-3,15H,4-5H2,(H,14,16). The van der Waals surface area contributed by atoms with Crippen LogP contribution in [0.25, 0.3) is 0 Å². The van der Waals surface area contributed by atoms with Gasteiger partial charge in [0, 0.05) is 11.8 Å². The van der Waals surface area contributed by atoms with E-state index in [0.29, 0.717) is 4.60 Å². The molecular weight excluding hydrogens is 286 g/mol. The molecule has 0 spiro atoms. The zero-order valence-electron chi connectivity index (χ0n) is 8.08. The van der Waals surface area contributed by atoms with E-state index < -0.39 is 25.0 Å². The molecule has 1 amide bonds. The minimum atomic E-state index is -3.31. The van der Waals surface area contributed by atoms with Crippen LogP contribution in [-0.2, 0) is 0 Å². The van der Waals surface area contributed by atoms with E-state index in [0.717, 1.165) is 0 Å². The molecule has 4 nitrogen and oxygen atoms in total. The molecule has 0 aliphatic carbocycles. The van der Waals surface area contributed by atoms with Crippen LogP contribution in [0.1, 0.15) is 10.4 Å². The smallest absolute Gasteiger partial charge is 0.287 e. The monoisotopic (exact) mass is 294 g/mol. The quantitative estimate of drug-likeness (QED) is 0.821. The summed E-state index contributed by atoms with van der Waals surface area (Å²) in [5.74, 6) is -3.95. The fraction of sp³-hybridized carbons (Fsp3) is 0.333. The van der Waals surface area contributed by atoms with E-state index >= 15 is 0 Å². The van der Waals surface area contributed by atoms with Gasteiger partial charge in [0.15, 0.2) is 0 Å². The zero-order valence-corrected chi connectivity index (χ0v) is 9.67. The lowest BCUT2D eigenvalue weighted by Gasteiger charge is -2.13. The van der Waals surface area contributed by atoms with Crippen molar-refractivity contribution in [3.05, 3.63) is 28.5 Å². The molecule has 0 radical (unpaired) electrons. The third kappa shape index (κ3) is 3.82. The molecule has 0 saturated carbocycles. The fourth-order valence-electron chi connectivity index (χ4n) is 0.911. The van der Waals surface area contributed by atoms with Gasteiger partial charge in [0.05, 0.1) is 6.54 Å². The van der Waals surface area contributed by atoms with Crippen LogP contribution >= 0.6 is 15.9 Å². The van der Waals surface area contributed by atoms with Gasteiger partial charge >= 0.3 is 0 Å². The highest BCUT2D eigenvalue weighted by Crippen LogP contribution is 2.11. The van der Waals surface area contributed by atoms with E-state index in [9.17, 15) is 13.6 Å². The predicted molar refractivity (Wildman–Crippen MR) is 56.3 cm³/mol. The molecule has 0 saturated heterocycles. The lowest BCUT2D eigenvalue weighted by Crippen LogP contribution is -2.38. The van der Waals surface area contributed by atoms with Crippen molar-refractivity contribution >= 4 is 21.8 Å². The van der Waals surface area contributed by atoms with Crippen LogP contribution in [0.4, 0.5) is 8.78 Å². The number of halogens is 3. The van der Waals surface area contributed by atoms with Crippen LogP contribution in [0.3, 0.4) is 0 Å². The highest BCUT2D eigenvalue weighted by atomic mass is 79.9. The normalized spacial score (nSPS) is 11.2. The third-order valence-corrected chi connectivity index (χ3v) is 2.16. The van der Waals surface area contributed by atoms with Crippen LogP contribution in [0.2, 0.25) is 0 Å². The number of nitrogens with one attached hydrogen (secondary N) is 1. The average Bonchev–Trinajstić information content (AvgIpc) is 2.26. The minimum Gasteiger partial charge on any atom is -0.390 e. The predicted octanol–water partition coefficient (Wildman–Crippen LogP) is 1.20. The van der Waals surface area contributed by atoms with Gasteiger partial charge in [-0.1, -0.05) is 0 Å². The molecule has 0 bridgehead atoms. The number of pyridine rings is 1. The van der Waals surface area contributed by atoms with Gasteiger partial charge in [0.25, 0.3) is 11.8 Å². The van der Waals surface area contributed by atoms with Crippen molar-refractivity contribution < 1.29 is 18.7 Å². The summed E-state index contributed by atoms with van der Waals surface area (Å²) in [4.78, 5) is 15.2. The van der Waals surface area contributed by atoms with E-state index in [4.69, 9.17) is 5.11 Å². The summed E-state index contributed by atoms with van der Waals surface area (Å²) in [6.45, 7) is -2.20. The second kappa shape index (κ2) is 5.31. The third-order valence-electron chi connectivity index (χ3n) is 1.73. The Kier molecular flexibility index (Phi) is 4.31. The first kappa shape index (κ1) is 13.0. The molecule has 2 N–H and O–H groups in total. The molecule has 88 valence electrons. The molecule has 1 aromatic rings. The molecule has 0 aliphatic rings. The van der Waals surface area contributed by atoms with Crippen LogP contribution in [0.15, 0.2) is 22.9 Å². The number of hydrogen-bond acceptors (Lipinski definition) is 3. The Morgan fingerprint density at radius 2 is 2.31 bits per heavy atom. The van der Waals surface area contributed by atoms with Crippen molar-refractivity contribution in [3.8, 4) is 0 Å². The van der Waals surface area contributed by atoms with Gasteiger partial charge in [-0.15, -0.1) is 0 Å². The Morgan fingerprint density at radius 1 is 1.62 bits per heavy atom. The molecule has 1 rings (SSSR count). The average molecular weight is 295 g/mol. The Bertz CT molecular complexity index is 388. The zero-order chi connectivity index (χ0) is 12.2. The Morgan fingerprint density at radius 3 is 2.88 bits per heavy atom. The van der Waals surface area contributed by atoms with E-state index in [1.807, 2.05) is 5.32 Å². The van der Waals surface area contributed by atoms with Crippen LogP contribution in [0, 0.1) is 0 Å². The van der Waals surface area contributed by atoms with E-state index in [-0.39, 0.29) is 5.56 Å². The van der Waals surface area contributed by atoms with Crippen molar-refractivity contribution in [2.24, 2.45) is 0 Å². The summed E-state index contributed by atoms with van der Waals surface area (Å²) in [7, 11) is 0. The maximum atomic E-state index is 12.6. The van der Waals surface area contributed by atoms with E-state index in [1.54, 1.807) is 0 Å². The number of hydrogen-bond donors (Lipinski definition) is 2. The van der Waals surface area contributed by atoms with Gasteiger partial charge in [-0.05, 0) is 28.1 Å². The lowest BCUT2D eigenvalue weighted by molar-refractivity contribution is -0.0462. The molecule has 16 heavy (non-hydrogen) atoms. The maximum Gasteiger partial charge on any atom is 0.287 e. The second-order valence-electron chi connectivity index (χ2n) is 3.06. The summed E-state index contributed by atoms with van der Waals surface area (Å²) in [5, 5.41) is 10.3. The SMILES string of the molecule is O=C(NCC(F)(F)CO)c1ccnc(Br)c1. The molecule has 1 heterocycles. The molecule has 0 fully saturated rings. The molecular formula is C9H9BrF2N2O2. The molecule has 0 unspecified atom stereocenters. The molecule has 0 aromatic carbocycles. The fourth-order valence-corrected chi connectivity index (χ4v) is 1.28. The Balaban J connectivity index is 2.60. The number of amides is 1. The molecule has 0 aliphatic heterocycles. The van der Waals surface area contributed by atoms with Gasteiger partial charge in [-0.3, -0.25) is 4.79 Å². The van der Waals surface area contributed by atoms with Gasteiger partial charge in [0.1, 0.15) is 11.2 Å². The second-order valence-corrected chi connectivity index (χ2v) is 3.88. The van der Waals surface area contributed by atoms with Gasteiger partial charge in [-0.2, -0.15) is 0 Å². The van der Waals surface area contributed by atoms with Crippen molar-refractivity contribution in [2.45, 2.75) is 5.92 Å². The number of alkyl halides is 2. The lowest BCUT2D eigenvalue weighted by atomic mass is 10.2. The highest BCUT2D eigenvalue weighted by Gasteiger charge is 2.28. The number of nitrogens with zero attached hydrogens (tertiary/aromatic N) is 1. The number of aliphatic hydroxyl groups is 1. The number of aromatic nitrogens is 1. The largest absolute Gasteiger partial charge is 0.390 e. The van der Waals surface area contributed by atoms with Crippen LogP contribution in [0.5, 0.6) is 0 Å². The van der Waals surface area contributed by atoms with Crippen molar-refractivity contribution in [2.75, 3.05) is 13.2 Å². The first-order chi connectivity index (χ1) is 7.44. The highest BCUT2D eigenvalue weighted by molar-refractivity contribution is 9.10. The summed E-state index contributed by atoms with van der Waals surface area (Å²) in [6, 6.07) is 2.81. The molecule has 7 heteroatoms. The topological polar surface area (TPSA) is 62.2 Å². The molecule has 1 aromatic heterocycles. The van der Waals surface area contributed by atoms with Crippen LogP contribution < -0.4 is 5.32 Å². The van der Waals surface area contributed by atoms with Gasteiger partial charge in [0.2, 0.25) is 0 Å². The first-order valence-corrected chi connectivity index (χ1v) is 5.12. The summed E-state index contributed by atoms with van der Waals surface area (Å²) in [5.41, 5.74) is 0.218. The van der Waals surface area contributed by atoms with Gasteiger partial charge < -0.3 is 10.4 Å². The van der Waals surface area contributed by atoms with E-state index in [2.05, 4.69) is 20.9 Å². The summed E-state index contributed by atoms with van der Waals surface area (Å²) < 4.78 is 25.7. The number of aliphatic hydroxyl groups excluding tert-OH is 1. The summed E-state index contributed by atoms with van der Waals surface area (Å²) >= 11 is 3.06. The summed E-state index contributed by atoms with van der Waals surface area (Å²) in [6.07, 6.45) is 1.38. The Hall–Kier alpha value is -1.08. The van der Waals surface area contributed by atoms with Gasteiger partial charge in [-0.25, -0.2) is 13.8 Å². The number of carbonyl (C=O) groups excluding carboxylic acids is 1. The number of rotatable bonds is 4. The van der Waals surface area contributed by atoms with Crippen molar-refractivity contribution in [1.82, 2.24) is 10.3 Å². The first-order valence-electron chi connectivity index (χ1n) is 4.33.